The Morgan fingerprint density at radius 2 is 1.83 bits per heavy atom. The zero-order chi connectivity index (χ0) is 9.52. The predicted molar refractivity (Wildman–Crippen MR) is 40.1 cm³/mol. The fourth-order valence-electron chi connectivity index (χ4n) is 1.07. The van der Waals surface area contributed by atoms with Gasteiger partial charge in [-0.3, -0.25) is 9.59 Å². The van der Waals surface area contributed by atoms with E-state index in [1.54, 1.807) is 0 Å². The Kier molecular flexibility index (Phi) is 1.74. The summed E-state index contributed by atoms with van der Waals surface area (Å²) in [6.45, 7) is 4.80. The summed E-state index contributed by atoms with van der Waals surface area (Å²) in [5.41, 5.74) is -0.169. The number of hydrogen-bond donors (Lipinski definition) is 2. The lowest BCUT2D eigenvalue weighted by molar-refractivity contribution is -0.179. The zero-order valence-corrected chi connectivity index (χ0v) is 6.50. The topological polar surface area (TPSA) is 74.6 Å². The van der Waals surface area contributed by atoms with Crippen molar-refractivity contribution < 1.29 is 19.8 Å². The molecule has 0 aromatic carbocycles. The van der Waals surface area contributed by atoms with Crippen molar-refractivity contribution in [3.63, 3.8) is 0 Å². The van der Waals surface area contributed by atoms with Crippen LogP contribution in [0.4, 0.5) is 0 Å². The van der Waals surface area contributed by atoms with E-state index in [9.17, 15) is 9.59 Å². The molecular weight excluding hydrogens is 160 g/mol. The van der Waals surface area contributed by atoms with Gasteiger partial charge in [-0.2, -0.15) is 0 Å². The van der Waals surface area contributed by atoms with Crippen molar-refractivity contribution in [3.05, 3.63) is 23.8 Å². The van der Waals surface area contributed by atoms with Crippen molar-refractivity contribution >= 4 is 11.6 Å². The molecule has 0 radical (unpaired) electrons. The van der Waals surface area contributed by atoms with E-state index in [0.29, 0.717) is 0 Å². The minimum Gasteiger partial charge on any atom is -0.353 e. The van der Waals surface area contributed by atoms with E-state index in [-0.39, 0.29) is 11.1 Å². The first-order valence-corrected chi connectivity index (χ1v) is 3.33. The minimum absolute atomic E-state index is 0.0231. The predicted octanol–water partition coefficient (Wildman–Crippen LogP) is -0.678. The van der Waals surface area contributed by atoms with E-state index in [4.69, 9.17) is 10.2 Å². The highest BCUT2D eigenvalue weighted by Crippen LogP contribution is 2.28. The van der Waals surface area contributed by atoms with Gasteiger partial charge in [-0.15, -0.1) is 0 Å². The summed E-state index contributed by atoms with van der Waals surface area (Å²) in [5.74, 6) is -4.93. The molecule has 64 valence electrons. The van der Waals surface area contributed by atoms with E-state index in [2.05, 4.69) is 6.58 Å². The maximum Gasteiger partial charge on any atom is 0.295 e. The van der Waals surface area contributed by atoms with Gasteiger partial charge in [-0.25, -0.2) is 0 Å². The molecular formula is C8H8O4. The third-order valence-corrected chi connectivity index (χ3v) is 1.77. The maximum atomic E-state index is 11.0. The lowest BCUT2D eigenvalue weighted by atomic mass is 10.1. The summed E-state index contributed by atoms with van der Waals surface area (Å²) in [7, 11) is 0. The Bertz CT molecular complexity index is 309. The summed E-state index contributed by atoms with van der Waals surface area (Å²) in [6.07, 6.45) is 1.33. The quantitative estimate of drug-likeness (QED) is 0.285. The Morgan fingerprint density at radius 1 is 1.33 bits per heavy atom. The highest BCUT2D eigenvalue weighted by molar-refractivity contribution is 6.33. The monoisotopic (exact) mass is 168 g/mol. The molecule has 4 nitrogen and oxygen atoms in total. The molecule has 0 bridgehead atoms. The number of hydrogen-bond acceptors (Lipinski definition) is 4. The molecule has 0 amide bonds. The first-order chi connectivity index (χ1) is 5.42. The van der Waals surface area contributed by atoms with Crippen LogP contribution >= 0.6 is 0 Å². The van der Waals surface area contributed by atoms with Gasteiger partial charge in [-0.1, -0.05) is 12.7 Å². The molecule has 2 N–H and O–H groups in total. The number of aliphatic hydroxyl groups is 2. The van der Waals surface area contributed by atoms with Gasteiger partial charge in [0.25, 0.3) is 5.79 Å². The number of allylic oxidation sites excluding steroid dienone is 1. The zero-order valence-electron chi connectivity index (χ0n) is 6.50. The Hall–Kier alpha value is -1.26. The Labute approximate surface area is 68.8 Å². The molecule has 1 fully saturated rings. The SMILES string of the molecule is C=C1C(=O)C(O)(O)C(=O)/C1=C/C. The van der Waals surface area contributed by atoms with Crippen LogP contribution in [0.5, 0.6) is 0 Å². The van der Waals surface area contributed by atoms with Crippen LogP contribution in [0.2, 0.25) is 0 Å². The van der Waals surface area contributed by atoms with Gasteiger partial charge in [-0.05, 0) is 6.92 Å². The van der Waals surface area contributed by atoms with E-state index in [0.717, 1.165) is 0 Å². The second-order valence-corrected chi connectivity index (χ2v) is 2.51. The Balaban J connectivity index is 3.30. The van der Waals surface area contributed by atoms with Gasteiger partial charge >= 0.3 is 0 Å². The largest absolute Gasteiger partial charge is 0.353 e. The third kappa shape index (κ3) is 0.855. The lowest BCUT2D eigenvalue weighted by Gasteiger charge is -2.07. The average Bonchev–Trinajstić information content (AvgIpc) is 2.15. The average molecular weight is 168 g/mol. The number of ketones is 2. The molecule has 0 aromatic heterocycles. The molecule has 1 saturated carbocycles. The summed E-state index contributed by atoms with van der Waals surface area (Å²) in [5, 5.41) is 17.9. The van der Waals surface area contributed by atoms with E-state index in [1.807, 2.05) is 0 Å². The van der Waals surface area contributed by atoms with Gasteiger partial charge in [0.15, 0.2) is 0 Å². The second-order valence-electron chi connectivity index (χ2n) is 2.51. The molecule has 0 unspecified atom stereocenters. The highest BCUT2D eigenvalue weighted by Gasteiger charge is 2.52. The lowest BCUT2D eigenvalue weighted by Crippen LogP contribution is -2.40. The van der Waals surface area contributed by atoms with Crippen LogP contribution in [0, 0.1) is 0 Å². The second kappa shape index (κ2) is 2.36. The molecule has 1 aliphatic carbocycles. The molecule has 0 atom stereocenters. The number of carbonyl (C=O) groups is 2. The first-order valence-electron chi connectivity index (χ1n) is 3.33. The maximum absolute atomic E-state index is 11.0. The number of carbonyl (C=O) groups excluding carboxylic acids is 2. The van der Waals surface area contributed by atoms with Crippen molar-refractivity contribution in [2.24, 2.45) is 0 Å². The molecule has 4 heteroatoms. The smallest absolute Gasteiger partial charge is 0.295 e. The van der Waals surface area contributed by atoms with Crippen molar-refractivity contribution in [1.82, 2.24) is 0 Å². The summed E-state index contributed by atoms with van der Waals surface area (Å²) in [4.78, 5) is 22.0. The molecule has 1 rings (SSSR count). The van der Waals surface area contributed by atoms with Crippen molar-refractivity contribution in [2.45, 2.75) is 12.7 Å². The van der Waals surface area contributed by atoms with Crippen LogP contribution in [0.25, 0.3) is 0 Å². The van der Waals surface area contributed by atoms with Crippen LogP contribution in [0.15, 0.2) is 23.8 Å². The molecule has 0 aromatic rings. The van der Waals surface area contributed by atoms with Crippen LogP contribution in [-0.4, -0.2) is 27.6 Å². The van der Waals surface area contributed by atoms with Crippen molar-refractivity contribution in [2.75, 3.05) is 0 Å². The van der Waals surface area contributed by atoms with E-state index in [1.165, 1.54) is 13.0 Å². The molecule has 1 aliphatic rings. The molecule has 12 heavy (non-hydrogen) atoms. The summed E-state index contributed by atoms with van der Waals surface area (Å²) < 4.78 is 0. The molecule has 0 spiro atoms. The van der Waals surface area contributed by atoms with Gasteiger partial charge in [0.1, 0.15) is 0 Å². The van der Waals surface area contributed by atoms with Crippen LogP contribution < -0.4 is 0 Å². The van der Waals surface area contributed by atoms with Gasteiger partial charge < -0.3 is 10.2 Å². The van der Waals surface area contributed by atoms with Gasteiger partial charge in [0, 0.05) is 11.1 Å². The fraction of sp³-hybridized carbons (Fsp3) is 0.250. The highest BCUT2D eigenvalue weighted by atomic mass is 16.5. The van der Waals surface area contributed by atoms with Crippen molar-refractivity contribution in [1.29, 1.82) is 0 Å². The van der Waals surface area contributed by atoms with E-state index < -0.39 is 17.4 Å². The number of Topliss-reactive ketones (excluding diaryl/α,β-unsaturated/α-hetero) is 2. The Morgan fingerprint density at radius 3 is 2.00 bits per heavy atom. The normalized spacial score (nSPS) is 25.6. The minimum atomic E-state index is -2.89. The first kappa shape index (κ1) is 8.83. The van der Waals surface area contributed by atoms with Crippen LogP contribution in [-0.2, 0) is 9.59 Å². The summed E-state index contributed by atoms with van der Waals surface area (Å²) in [6, 6.07) is 0. The molecule has 0 aliphatic heterocycles. The molecule has 0 saturated heterocycles. The standard InChI is InChI=1S/C8H8O4/c1-3-5-4(2)6(9)8(11,12)7(5)10/h3,11-12H,2H2,1H3/b5-3+. The summed E-state index contributed by atoms with van der Waals surface area (Å²) >= 11 is 0. The fourth-order valence-corrected chi connectivity index (χ4v) is 1.07. The van der Waals surface area contributed by atoms with Crippen molar-refractivity contribution in [3.8, 4) is 0 Å². The number of rotatable bonds is 0. The third-order valence-electron chi connectivity index (χ3n) is 1.77. The van der Waals surface area contributed by atoms with E-state index >= 15 is 0 Å². The van der Waals surface area contributed by atoms with Crippen LogP contribution in [0.3, 0.4) is 0 Å². The van der Waals surface area contributed by atoms with Crippen LogP contribution in [0.1, 0.15) is 6.92 Å². The molecule has 0 heterocycles. The van der Waals surface area contributed by atoms with Gasteiger partial charge in [0.2, 0.25) is 11.6 Å². The van der Waals surface area contributed by atoms with Gasteiger partial charge in [0.05, 0.1) is 0 Å².